The second-order valence-electron chi connectivity index (χ2n) is 6.14. The van der Waals surface area contributed by atoms with Gasteiger partial charge < -0.3 is 15.4 Å². The van der Waals surface area contributed by atoms with E-state index in [1.807, 2.05) is 6.92 Å². The van der Waals surface area contributed by atoms with E-state index in [-0.39, 0.29) is 11.8 Å². The number of para-hydroxylation sites is 1. The quantitative estimate of drug-likeness (QED) is 0.628. The number of carbonyl (C=O) groups excluding carboxylic acids is 2. The minimum atomic E-state index is -0.323. The summed E-state index contributed by atoms with van der Waals surface area (Å²) in [6.45, 7) is 1.86. The summed E-state index contributed by atoms with van der Waals surface area (Å²) in [5, 5.41) is 6.25. The molecule has 0 aliphatic heterocycles. The molecule has 0 atom stereocenters. The molecule has 28 heavy (non-hydrogen) atoms. The van der Waals surface area contributed by atoms with Crippen molar-refractivity contribution in [1.82, 2.24) is 0 Å². The second kappa shape index (κ2) is 8.59. The normalized spacial score (nSPS) is 10.2. The van der Waals surface area contributed by atoms with E-state index in [1.54, 1.807) is 73.8 Å². The number of amides is 2. The van der Waals surface area contributed by atoms with E-state index in [1.165, 1.54) is 0 Å². The number of rotatable bonds is 5. The molecule has 0 heterocycles. The van der Waals surface area contributed by atoms with E-state index in [0.29, 0.717) is 33.3 Å². The summed E-state index contributed by atoms with van der Waals surface area (Å²) in [4.78, 5) is 25.3. The lowest BCUT2D eigenvalue weighted by atomic mass is 10.1. The van der Waals surface area contributed by atoms with Crippen LogP contribution in [0.1, 0.15) is 26.3 Å². The van der Waals surface area contributed by atoms with Crippen LogP contribution >= 0.6 is 11.6 Å². The van der Waals surface area contributed by atoms with Gasteiger partial charge in [0, 0.05) is 16.3 Å². The summed E-state index contributed by atoms with van der Waals surface area (Å²) in [5.41, 5.74) is 2.75. The lowest BCUT2D eigenvalue weighted by Gasteiger charge is -2.13. The number of ether oxygens (including phenoxy) is 1. The van der Waals surface area contributed by atoms with Gasteiger partial charge in [-0.05, 0) is 67.1 Å². The van der Waals surface area contributed by atoms with Gasteiger partial charge in [-0.3, -0.25) is 9.59 Å². The van der Waals surface area contributed by atoms with E-state index in [2.05, 4.69) is 10.6 Å². The molecule has 5 nitrogen and oxygen atoms in total. The Morgan fingerprint density at radius 3 is 2.21 bits per heavy atom. The fourth-order valence-corrected chi connectivity index (χ4v) is 2.91. The fourth-order valence-electron chi connectivity index (χ4n) is 2.68. The van der Waals surface area contributed by atoms with Crippen LogP contribution in [-0.4, -0.2) is 18.9 Å². The van der Waals surface area contributed by atoms with E-state index in [9.17, 15) is 9.59 Å². The molecule has 2 N–H and O–H groups in total. The van der Waals surface area contributed by atoms with Crippen LogP contribution in [0.25, 0.3) is 0 Å². The van der Waals surface area contributed by atoms with Gasteiger partial charge >= 0.3 is 0 Å². The molecule has 3 rings (SSSR count). The van der Waals surface area contributed by atoms with Crippen molar-refractivity contribution in [2.45, 2.75) is 6.92 Å². The molecule has 3 aromatic rings. The number of hydrogen-bond acceptors (Lipinski definition) is 3. The first-order valence-corrected chi connectivity index (χ1v) is 8.97. The molecule has 6 heteroatoms. The number of nitrogens with one attached hydrogen (secondary N) is 2. The van der Waals surface area contributed by atoms with Crippen molar-refractivity contribution in [3.05, 3.63) is 88.4 Å². The molecule has 0 saturated heterocycles. The first kappa shape index (κ1) is 19.5. The van der Waals surface area contributed by atoms with Gasteiger partial charge in [0.2, 0.25) is 0 Å². The maximum absolute atomic E-state index is 12.8. The summed E-state index contributed by atoms with van der Waals surface area (Å²) in [6.07, 6.45) is 0. The van der Waals surface area contributed by atoms with E-state index in [0.717, 1.165) is 5.56 Å². The lowest BCUT2D eigenvalue weighted by Crippen LogP contribution is -2.18. The highest BCUT2D eigenvalue weighted by Gasteiger charge is 2.15. The van der Waals surface area contributed by atoms with E-state index < -0.39 is 0 Å². The molecule has 0 aromatic heterocycles. The predicted octanol–water partition coefficient (Wildman–Crippen LogP) is 5.16. The summed E-state index contributed by atoms with van der Waals surface area (Å²) in [5.74, 6) is 0.0243. The van der Waals surface area contributed by atoms with Crippen LogP contribution in [0.2, 0.25) is 5.02 Å². The van der Waals surface area contributed by atoms with Gasteiger partial charge in [0.1, 0.15) is 5.75 Å². The fraction of sp³-hybridized carbons (Fsp3) is 0.0909. The maximum atomic E-state index is 12.8. The Labute approximate surface area is 168 Å². The maximum Gasteiger partial charge on any atom is 0.257 e. The van der Waals surface area contributed by atoms with Gasteiger partial charge in [-0.25, -0.2) is 0 Å². The lowest BCUT2D eigenvalue weighted by molar-refractivity contribution is 0.102. The average molecular weight is 395 g/mol. The van der Waals surface area contributed by atoms with Crippen molar-refractivity contribution in [3.8, 4) is 5.75 Å². The van der Waals surface area contributed by atoms with Crippen LogP contribution in [-0.2, 0) is 0 Å². The smallest absolute Gasteiger partial charge is 0.257 e. The molecule has 0 spiro atoms. The first-order chi connectivity index (χ1) is 13.5. The summed E-state index contributed by atoms with van der Waals surface area (Å²) >= 11 is 5.96. The van der Waals surface area contributed by atoms with Gasteiger partial charge in [-0.1, -0.05) is 23.7 Å². The Hall–Kier alpha value is -3.31. The van der Waals surface area contributed by atoms with Crippen LogP contribution in [0.5, 0.6) is 5.75 Å². The first-order valence-electron chi connectivity index (χ1n) is 8.60. The van der Waals surface area contributed by atoms with Crippen molar-refractivity contribution in [3.63, 3.8) is 0 Å². The molecule has 0 unspecified atom stereocenters. The SMILES string of the molecule is COc1ccc(C(=O)Nc2ccccc2C(=O)Nc2ccc(Cl)cc2C)cc1. The Morgan fingerprint density at radius 2 is 1.54 bits per heavy atom. The van der Waals surface area contributed by atoms with Crippen molar-refractivity contribution in [1.29, 1.82) is 0 Å². The number of carbonyl (C=O) groups is 2. The third-order valence-corrected chi connectivity index (χ3v) is 4.44. The van der Waals surface area contributed by atoms with Gasteiger partial charge in [-0.2, -0.15) is 0 Å². The third kappa shape index (κ3) is 4.50. The molecule has 3 aromatic carbocycles. The number of hydrogen-bond donors (Lipinski definition) is 2. The Kier molecular flexibility index (Phi) is 5.96. The number of benzene rings is 3. The summed E-state index contributed by atoms with van der Waals surface area (Å²) in [6, 6.07) is 18.8. The Balaban J connectivity index is 1.80. The number of aryl methyl sites for hydroxylation is 1. The van der Waals surface area contributed by atoms with Gasteiger partial charge in [0.05, 0.1) is 18.4 Å². The topological polar surface area (TPSA) is 67.4 Å². The molecule has 0 radical (unpaired) electrons. The van der Waals surface area contributed by atoms with Crippen molar-refractivity contribution < 1.29 is 14.3 Å². The zero-order valence-electron chi connectivity index (χ0n) is 15.5. The van der Waals surface area contributed by atoms with Gasteiger partial charge in [0.25, 0.3) is 11.8 Å². The Bertz CT molecular complexity index is 1020. The van der Waals surface area contributed by atoms with Gasteiger partial charge in [0.15, 0.2) is 0 Å². The van der Waals surface area contributed by atoms with Crippen molar-refractivity contribution in [2.24, 2.45) is 0 Å². The summed E-state index contributed by atoms with van der Waals surface area (Å²) < 4.78 is 5.10. The van der Waals surface area contributed by atoms with Gasteiger partial charge in [-0.15, -0.1) is 0 Å². The molecular formula is C22H19ClN2O3. The van der Waals surface area contributed by atoms with Crippen LogP contribution in [0, 0.1) is 6.92 Å². The summed E-state index contributed by atoms with van der Waals surface area (Å²) in [7, 11) is 1.56. The number of methoxy groups -OCH3 is 1. The minimum Gasteiger partial charge on any atom is -0.497 e. The molecular weight excluding hydrogens is 376 g/mol. The predicted molar refractivity (Wildman–Crippen MR) is 112 cm³/mol. The monoisotopic (exact) mass is 394 g/mol. The zero-order chi connectivity index (χ0) is 20.1. The highest BCUT2D eigenvalue weighted by Crippen LogP contribution is 2.23. The number of halogens is 1. The van der Waals surface area contributed by atoms with E-state index in [4.69, 9.17) is 16.3 Å². The van der Waals surface area contributed by atoms with Crippen molar-refractivity contribution >= 4 is 34.8 Å². The molecule has 2 amide bonds. The van der Waals surface area contributed by atoms with Crippen LogP contribution in [0.15, 0.2) is 66.7 Å². The zero-order valence-corrected chi connectivity index (χ0v) is 16.2. The standard InChI is InChI=1S/C22H19ClN2O3/c1-14-13-16(23)9-12-19(14)24-22(27)18-5-3-4-6-20(18)25-21(26)15-7-10-17(28-2)11-8-15/h3-13H,1-2H3,(H,24,27)(H,25,26). The molecule has 142 valence electrons. The third-order valence-electron chi connectivity index (χ3n) is 4.21. The van der Waals surface area contributed by atoms with E-state index >= 15 is 0 Å². The average Bonchev–Trinajstić information content (AvgIpc) is 2.70. The van der Waals surface area contributed by atoms with Crippen LogP contribution in [0.4, 0.5) is 11.4 Å². The van der Waals surface area contributed by atoms with Crippen molar-refractivity contribution in [2.75, 3.05) is 17.7 Å². The molecule has 0 saturated carbocycles. The molecule has 0 fully saturated rings. The van der Waals surface area contributed by atoms with Crippen LogP contribution < -0.4 is 15.4 Å². The highest BCUT2D eigenvalue weighted by atomic mass is 35.5. The largest absolute Gasteiger partial charge is 0.497 e. The molecule has 0 aliphatic rings. The second-order valence-corrected chi connectivity index (χ2v) is 6.58. The Morgan fingerprint density at radius 1 is 0.857 bits per heavy atom. The van der Waals surface area contributed by atoms with Crippen LogP contribution in [0.3, 0.4) is 0 Å². The highest BCUT2D eigenvalue weighted by molar-refractivity contribution is 6.30. The molecule has 0 aliphatic carbocycles. The number of anilines is 2. The molecule has 0 bridgehead atoms. The minimum absolute atomic E-state index is 0.314.